The van der Waals surface area contributed by atoms with E-state index in [2.05, 4.69) is 5.32 Å². The lowest BCUT2D eigenvalue weighted by molar-refractivity contribution is -0.136. The molecule has 0 saturated carbocycles. The van der Waals surface area contributed by atoms with Crippen molar-refractivity contribution < 1.29 is 13.2 Å². The van der Waals surface area contributed by atoms with Crippen molar-refractivity contribution in [3.63, 3.8) is 0 Å². The Kier molecular flexibility index (Phi) is 4.21. The zero-order chi connectivity index (χ0) is 14.8. The second kappa shape index (κ2) is 5.73. The molecule has 0 aliphatic carbocycles. The summed E-state index contributed by atoms with van der Waals surface area (Å²) < 4.78 is 38.6. The number of alkyl halides is 3. The predicted molar refractivity (Wildman–Crippen MR) is 72.8 cm³/mol. The van der Waals surface area contributed by atoms with E-state index in [1.54, 1.807) is 11.4 Å². The van der Waals surface area contributed by atoms with Crippen LogP contribution >= 0.6 is 22.9 Å². The number of hydrogen-bond acceptors (Lipinski definition) is 3. The minimum Gasteiger partial charge on any atom is -0.378 e. The highest BCUT2D eigenvalue weighted by Gasteiger charge is 2.34. The Morgan fingerprint density at radius 1 is 1.35 bits per heavy atom. The monoisotopic (exact) mass is 316 g/mol. The van der Waals surface area contributed by atoms with E-state index in [0.29, 0.717) is 5.56 Å². The van der Waals surface area contributed by atoms with Gasteiger partial charge in [-0.05, 0) is 18.2 Å². The molecular formula is C13H8ClF3N2S. The van der Waals surface area contributed by atoms with E-state index in [4.69, 9.17) is 16.9 Å². The van der Waals surface area contributed by atoms with Crippen LogP contribution in [0.1, 0.15) is 16.0 Å². The van der Waals surface area contributed by atoms with E-state index in [0.717, 1.165) is 10.9 Å². The Labute approximate surface area is 122 Å². The molecule has 20 heavy (non-hydrogen) atoms. The largest absolute Gasteiger partial charge is 0.418 e. The molecule has 0 aliphatic rings. The van der Waals surface area contributed by atoms with Crippen LogP contribution in [0.2, 0.25) is 5.02 Å². The highest BCUT2D eigenvalue weighted by atomic mass is 35.5. The molecule has 1 heterocycles. The van der Waals surface area contributed by atoms with Gasteiger partial charge in [-0.15, -0.1) is 11.3 Å². The number of hydrogen-bond donors (Lipinski definition) is 1. The normalized spacial score (nSPS) is 11.2. The van der Waals surface area contributed by atoms with Gasteiger partial charge in [0.1, 0.15) is 6.07 Å². The average molecular weight is 317 g/mol. The second-order valence-electron chi connectivity index (χ2n) is 3.93. The molecular weight excluding hydrogens is 309 g/mol. The summed E-state index contributed by atoms with van der Waals surface area (Å²) in [4.78, 5) is 0.759. The minimum atomic E-state index is -4.47. The molecule has 2 aromatic rings. The maximum absolute atomic E-state index is 12.9. The first-order valence-electron chi connectivity index (χ1n) is 5.49. The molecule has 1 N–H and O–H groups in total. The number of benzene rings is 1. The molecule has 0 unspecified atom stereocenters. The molecule has 0 radical (unpaired) electrons. The summed E-state index contributed by atoms with van der Waals surface area (Å²) in [5, 5.41) is 13.0. The third kappa shape index (κ3) is 3.24. The van der Waals surface area contributed by atoms with E-state index >= 15 is 0 Å². The number of nitriles is 1. The number of nitrogens with one attached hydrogen (secondary N) is 1. The summed E-state index contributed by atoms with van der Waals surface area (Å²) in [7, 11) is 0. The van der Waals surface area contributed by atoms with Gasteiger partial charge in [-0.1, -0.05) is 17.7 Å². The van der Waals surface area contributed by atoms with E-state index in [1.807, 2.05) is 6.07 Å². The van der Waals surface area contributed by atoms with Gasteiger partial charge in [-0.3, -0.25) is 0 Å². The first kappa shape index (κ1) is 14.7. The summed E-state index contributed by atoms with van der Waals surface area (Å²) in [5.41, 5.74) is -0.461. The molecule has 0 spiro atoms. The van der Waals surface area contributed by atoms with Crippen LogP contribution < -0.4 is 5.32 Å². The van der Waals surface area contributed by atoms with Gasteiger partial charge < -0.3 is 5.32 Å². The highest BCUT2D eigenvalue weighted by Crippen LogP contribution is 2.38. The summed E-state index contributed by atoms with van der Waals surface area (Å²) in [6.07, 6.45) is -4.47. The van der Waals surface area contributed by atoms with Gasteiger partial charge in [-0.2, -0.15) is 18.4 Å². The van der Waals surface area contributed by atoms with Gasteiger partial charge in [0.05, 0.1) is 21.8 Å². The number of anilines is 1. The SMILES string of the molecule is N#Cc1csc(CNc2c(Cl)cccc2C(F)(F)F)c1. The van der Waals surface area contributed by atoms with Crippen LogP contribution in [0.4, 0.5) is 18.9 Å². The van der Waals surface area contributed by atoms with Crippen molar-refractivity contribution in [3.8, 4) is 6.07 Å². The van der Waals surface area contributed by atoms with Gasteiger partial charge >= 0.3 is 6.18 Å². The fraction of sp³-hybridized carbons (Fsp3) is 0.154. The number of nitrogens with zero attached hydrogens (tertiary/aromatic N) is 1. The van der Waals surface area contributed by atoms with Crippen molar-refractivity contribution in [1.29, 1.82) is 5.26 Å². The number of thiophene rings is 1. The Hall–Kier alpha value is -1.71. The number of halogens is 4. The van der Waals surface area contributed by atoms with Crippen LogP contribution in [0.25, 0.3) is 0 Å². The second-order valence-corrected chi connectivity index (χ2v) is 5.33. The number of para-hydroxylation sites is 1. The van der Waals surface area contributed by atoms with Gasteiger partial charge in [0.2, 0.25) is 0 Å². The average Bonchev–Trinajstić information content (AvgIpc) is 2.84. The molecule has 0 atom stereocenters. The highest BCUT2D eigenvalue weighted by molar-refractivity contribution is 7.10. The van der Waals surface area contributed by atoms with E-state index < -0.39 is 11.7 Å². The zero-order valence-corrected chi connectivity index (χ0v) is 11.5. The lowest BCUT2D eigenvalue weighted by Crippen LogP contribution is -2.10. The Morgan fingerprint density at radius 3 is 2.70 bits per heavy atom. The lowest BCUT2D eigenvalue weighted by atomic mass is 10.1. The van der Waals surface area contributed by atoms with E-state index in [9.17, 15) is 13.2 Å². The maximum atomic E-state index is 12.9. The van der Waals surface area contributed by atoms with Crippen molar-refractivity contribution >= 4 is 28.6 Å². The Balaban J connectivity index is 2.23. The minimum absolute atomic E-state index is 0.0110. The van der Waals surface area contributed by atoms with Crippen molar-refractivity contribution in [1.82, 2.24) is 0 Å². The molecule has 0 saturated heterocycles. The molecule has 1 aromatic heterocycles. The quantitative estimate of drug-likeness (QED) is 0.873. The smallest absolute Gasteiger partial charge is 0.378 e. The van der Waals surface area contributed by atoms with Gasteiger partial charge in [0, 0.05) is 16.8 Å². The van der Waals surface area contributed by atoms with Crippen molar-refractivity contribution in [2.45, 2.75) is 12.7 Å². The molecule has 104 valence electrons. The Bertz CT molecular complexity index is 658. The van der Waals surface area contributed by atoms with Crippen molar-refractivity contribution in [3.05, 3.63) is 50.7 Å². The third-order valence-electron chi connectivity index (χ3n) is 2.54. The predicted octanol–water partition coefficient (Wildman–Crippen LogP) is 4.90. The van der Waals surface area contributed by atoms with Crippen LogP contribution in [0.3, 0.4) is 0 Å². The zero-order valence-electron chi connectivity index (χ0n) is 9.96. The van der Waals surface area contributed by atoms with Crippen molar-refractivity contribution in [2.75, 3.05) is 5.32 Å². The summed E-state index contributed by atoms with van der Waals surface area (Å²) in [6.45, 7) is 0.180. The molecule has 7 heteroatoms. The van der Waals surface area contributed by atoms with Gasteiger partial charge in [0.15, 0.2) is 0 Å². The van der Waals surface area contributed by atoms with Crippen LogP contribution in [0, 0.1) is 11.3 Å². The Morgan fingerprint density at radius 2 is 2.10 bits per heavy atom. The van der Waals surface area contributed by atoms with Crippen LogP contribution in [-0.4, -0.2) is 0 Å². The molecule has 0 bridgehead atoms. The van der Waals surface area contributed by atoms with E-state index in [1.165, 1.54) is 23.5 Å². The topological polar surface area (TPSA) is 35.8 Å². The van der Waals surface area contributed by atoms with E-state index in [-0.39, 0.29) is 17.3 Å². The molecule has 2 rings (SSSR count). The maximum Gasteiger partial charge on any atom is 0.418 e. The standard InChI is InChI=1S/C13H8ClF3N2S/c14-11-3-1-2-10(13(15,16)17)12(11)19-6-9-4-8(5-18)7-20-9/h1-4,7,19H,6H2. The summed E-state index contributed by atoms with van der Waals surface area (Å²) in [5.74, 6) is 0. The van der Waals surface area contributed by atoms with Crippen molar-refractivity contribution in [2.24, 2.45) is 0 Å². The molecule has 0 fully saturated rings. The number of rotatable bonds is 3. The van der Waals surface area contributed by atoms with Gasteiger partial charge in [-0.25, -0.2) is 0 Å². The fourth-order valence-electron chi connectivity index (χ4n) is 1.65. The summed E-state index contributed by atoms with van der Waals surface area (Å²) >= 11 is 7.13. The third-order valence-corrected chi connectivity index (χ3v) is 3.79. The van der Waals surface area contributed by atoms with Crippen LogP contribution in [-0.2, 0) is 12.7 Å². The molecule has 1 aromatic carbocycles. The van der Waals surface area contributed by atoms with Crippen LogP contribution in [0.5, 0.6) is 0 Å². The fourth-order valence-corrected chi connectivity index (χ4v) is 2.64. The molecule has 2 nitrogen and oxygen atoms in total. The lowest BCUT2D eigenvalue weighted by Gasteiger charge is -2.15. The molecule has 0 amide bonds. The van der Waals surface area contributed by atoms with Crippen LogP contribution in [0.15, 0.2) is 29.6 Å². The van der Waals surface area contributed by atoms with Gasteiger partial charge in [0.25, 0.3) is 0 Å². The first-order valence-corrected chi connectivity index (χ1v) is 6.74. The first-order chi connectivity index (χ1) is 9.41. The molecule has 0 aliphatic heterocycles. The summed E-state index contributed by atoms with van der Waals surface area (Å²) in [6, 6.07) is 7.23.